The summed E-state index contributed by atoms with van der Waals surface area (Å²) < 4.78 is 4.78. The van der Waals surface area contributed by atoms with Gasteiger partial charge in [0, 0.05) is 19.3 Å². The fraction of sp³-hybridized carbons (Fsp3) is 0.615. The Kier molecular flexibility index (Phi) is 4.68. The normalized spacial score (nSPS) is 19.3. The minimum Gasteiger partial charge on any atom is -0.465 e. The van der Waals surface area contributed by atoms with Crippen LogP contribution >= 0.6 is 0 Å². The number of carbonyl (C=O) groups is 1. The molecule has 1 fully saturated rings. The third kappa shape index (κ3) is 3.20. The molecule has 1 aliphatic heterocycles. The monoisotopic (exact) mass is 264 g/mol. The number of hydrogen-bond donors (Lipinski definition) is 1. The molecular weight excluding hydrogens is 244 g/mol. The standard InChI is InChI=1S/C13H20N4O2/c1-14-6-10-4-3-5-17(8-10)12-11(13(18)19-2)7-15-9-16-12/h7,9-10,14H,3-6,8H2,1-2H3. The van der Waals surface area contributed by atoms with Crippen LogP contribution in [0.15, 0.2) is 12.5 Å². The molecule has 0 aliphatic carbocycles. The molecule has 2 heterocycles. The fourth-order valence-corrected chi connectivity index (χ4v) is 2.54. The van der Waals surface area contributed by atoms with Crippen molar-refractivity contribution in [3.63, 3.8) is 0 Å². The number of aromatic nitrogens is 2. The van der Waals surface area contributed by atoms with E-state index in [2.05, 4.69) is 20.2 Å². The topological polar surface area (TPSA) is 67.3 Å². The minimum atomic E-state index is -0.383. The highest BCUT2D eigenvalue weighted by atomic mass is 16.5. The van der Waals surface area contributed by atoms with E-state index in [4.69, 9.17) is 4.74 Å². The maximum Gasteiger partial charge on any atom is 0.343 e. The zero-order valence-corrected chi connectivity index (χ0v) is 11.4. The smallest absolute Gasteiger partial charge is 0.343 e. The van der Waals surface area contributed by atoms with Crippen LogP contribution in [0.2, 0.25) is 0 Å². The van der Waals surface area contributed by atoms with Gasteiger partial charge in [-0.25, -0.2) is 14.8 Å². The van der Waals surface area contributed by atoms with Gasteiger partial charge in [-0.3, -0.25) is 0 Å². The van der Waals surface area contributed by atoms with E-state index in [1.807, 2.05) is 7.05 Å². The van der Waals surface area contributed by atoms with Gasteiger partial charge in [0.1, 0.15) is 17.7 Å². The van der Waals surface area contributed by atoms with Crippen LogP contribution in [0.25, 0.3) is 0 Å². The Balaban J connectivity index is 2.19. The molecule has 0 saturated carbocycles. The Morgan fingerprint density at radius 1 is 1.63 bits per heavy atom. The molecule has 19 heavy (non-hydrogen) atoms. The second-order valence-corrected chi connectivity index (χ2v) is 4.76. The number of piperidine rings is 1. The first-order valence-corrected chi connectivity index (χ1v) is 6.54. The van der Waals surface area contributed by atoms with Crippen molar-refractivity contribution in [1.82, 2.24) is 15.3 Å². The molecule has 0 aromatic carbocycles. The lowest BCUT2D eigenvalue weighted by atomic mass is 9.98. The van der Waals surface area contributed by atoms with Crippen LogP contribution < -0.4 is 10.2 Å². The first kappa shape index (κ1) is 13.7. The SMILES string of the molecule is CNCC1CCCN(c2ncncc2C(=O)OC)C1. The molecule has 1 aromatic heterocycles. The van der Waals surface area contributed by atoms with Gasteiger partial charge >= 0.3 is 5.97 Å². The predicted octanol–water partition coefficient (Wildman–Crippen LogP) is 0.699. The van der Waals surface area contributed by atoms with Gasteiger partial charge in [-0.1, -0.05) is 0 Å². The number of nitrogens with one attached hydrogen (secondary N) is 1. The largest absolute Gasteiger partial charge is 0.465 e. The van der Waals surface area contributed by atoms with Gasteiger partial charge in [-0.15, -0.1) is 0 Å². The summed E-state index contributed by atoms with van der Waals surface area (Å²) in [5.74, 6) is 0.883. The summed E-state index contributed by atoms with van der Waals surface area (Å²) in [6.07, 6.45) is 5.31. The van der Waals surface area contributed by atoms with Gasteiger partial charge in [0.25, 0.3) is 0 Å². The second-order valence-electron chi connectivity index (χ2n) is 4.76. The second kappa shape index (κ2) is 6.47. The molecule has 0 amide bonds. The average Bonchev–Trinajstić information content (AvgIpc) is 2.47. The summed E-state index contributed by atoms with van der Waals surface area (Å²) in [4.78, 5) is 22.1. The lowest BCUT2D eigenvalue weighted by molar-refractivity contribution is 0.0600. The Labute approximate surface area is 113 Å². The molecule has 1 atom stereocenters. The Morgan fingerprint density at radius 3 is 3.21 bits per heavy atom. The van der Waals surface area contributed by atoms with E-state index >= 15 is 0 Å². The summed E-state index contributed by atoms with van der Waals surface area (Å²) in [6, 6.07) is 0. The van der Waals surface area contributed by atoms with Crippen molar-refractivity contribution < 1.29 is 9.53 Å². The number of esters is 1. The van der Waals surface area contributed by atoms with E-state index in [9.17, 15) is 4.79 Å². The van der Waals surface area contributed by atoms with Gasteiger partial charge < -0.3 is 15.0 Å². The summed E-state index contributed by atoms with van der Waals surface area (Å²) in [6.45, 7) is 2.80. The van der Waals surface area contributed by atoms with Crippen LogP contribution in [0, 0.1) is 5.92 Å². The third-order valence-electron chi connectivity index (χ3n) is 3.41. The molecule has 6 heteroatoms. The summed E-state index contributed by atoms with van der Waals surface area (Å²) >= 11 is 0. The first-order chi connectivity index (χ1) is 9.26. The highest BCUT2D eigenvalue weighted by Crippen LogP contribution is 2.24. The maximum absolute atomic E-state index is 11.7. The van der Waals surface area contributed by atoms with E-state index in [0.717, 1.165) is 26.1 Å². The van der Waals surface area contributed by atoms with E-state index in [1.165, 1.54) is 26.1 Å². The van der Waals surface area contributed by atoms with Crippen LogP contribution in [-0.2, 0) is 4.74 Å². The van der Waals surface area contributed by atoms with Gasteiger partial charge in [-0.2, -0.15) is 0 Å². The van der Waals surface area contributed by atoms with Crippen molar-refractivity contribution in [2.24, 2.45) is 5.92 Å². The van der Waals surface area contributed by atoms with Gasteiger partial charge in [0.2, 0.25) is 0 Å². The zero-order chi connectivity index (χ0) is 13.7. The van der Waals surface area contributed by atoms with Crippen LogP contribution in [0.3, 0.4) is 0 Å². The first-order valence-electron chi connectivity index (χ1n) is 6.54. The Morgan fingerprint density at radius 2 is 2.47 bits per heavy atom. The molecule has 0 bridgehead atoms. The molecule has 1 aromatic rings. The van der Waals surface area contributed by atoms with E-state index < -0.39 is 0 Å². The van der Waals surface area contributed by atoms with Crippen LogP contribution in [0.4, 0.5) is 5.82 Å². The van der Waals surface area contributed by atoms with Crippen LogP contribution in [0.5, 0.6) is 0 Å². The molecule has 1 aliphatic rings. The van der Waals surface area contributed by atoms with Gasteiger partial charge in [-0.05, 0) is 32.4 Å². The van der Waals surface area contributed by atoms with Crippen molar-refractivity contribution in [2.75, 3.05) is 38.7 Å². The number of hydrogen-bond acceptors (Lipinski definition) is 6. The van der Waals surface area contributed by atoms with E-state index in [1.54, 1.807) is 0 Å². The highest BCUT2D eigenvalue weighted by molar-refractivity contribution is 5.94. The molecule has 104 valence electrons. The Bertz CT molecular complexity index is 436. The lowest BCUT2D eigenvalue weighted by Gasteiger charge is -2.34. The maximum atomic E-state index is 11.7. The predicted molar refractivity (Wildman–Crippen MR) is 72.2 cm³/mol. The van der Waals surface area contributed by atoms with Crippen molar-refractivity contribution in [3.05, 3.63) is 18.1 Å². The molecular formula is C13H20N4O2. The van der Waals surface area contributed by atoms with Crippen LogP contribution in [-0.4, -0.2) is 49.7 Å². The molecule has 1 N–H and O–H groups in total. The molecule has 0 radical (unpaired) electrons. The third-order valence-corrected chi connectivity index (χ3v) is 3.41. The summed E-state index contributed by atoms with van der Waals surface area (Å²) in [5.41, 5.74) is 0.440. The van der Waals surface area contributed by atoms with Crippen LogP contribution in [0.1, 0.15) is 23.2 Å². The number of anilines is 1. The van der Waals surface area contributed by atoms with Crippen molar-refractivity contribution in [2.45, 2.75) is 12.8 Å². The Hall–Kier alpha value is -1.69. The highest BCUT2D eigenvalue weighted by Gasteiger charge is 2.24. The molecule has 1 unspecified atom stereocenters. The number of ether oxygens (including phenoxy) is 1. The summed E-state index contributed by atoms with van der Waals surface area (Å²) in [7, 11) is 3.34. The van der Waals surface area contributed by atoms with Gasteiger partial charge in [0.15, 0.2) is 0 Å². The minimum absolute atomic E-state index is 0.383. The lowest BCUT2D eigenvalue weighted by Crippen LogP contribution is -2.40. The van der Waals surface area contributed by atoms with Crippen molar-refractivity contribution in [3.8, 4) is 0 Å². The zero-order valence-electron chi connectivity index (χ0n) is 11.4. The van der Waals surface area contributed by atoms with Crippen molar-refractivity contribution in [1.29, 1.82) is 0 Å². The number of nitrogens with zero attached hydrogens (tertiary/aromatic N) is 3. The number of methoxy groups -OCH3 is 1. The fourth-order valence-electron chi connectivity index (χ4n) is 2.54. The van der Waals surface area contributed by atoms with Crippen molar-refractivity contribution >= 4 is 11.8 Å². The molecule has 2 rings (SSSR count). The summed E-state index contributed by atoms with van der Waals surface area (Å²) in [5, 5.41) is 3.21. The molecule has 0 spiro atoms. The van der Waals surface area contributed by atoms with E-state index in [-0.39, 0.29) is 5.97 Å². The molecule has 6 nitrogen and oxygen atoms in total. The van der Waals surface area contributed by atoms with Gasteiger partial charge in [0.05, 0.1) is 7.11 Å². The number of carbonyl (C=O) groups excluding carboxylic acids is 1. The number of rotatable bonds is 4. The quantitative estimate of drug-likeness (QED) is 0.807. The van der Waals surface area contributed by atoms with E-state index in [0.29, 0.717) is 17.3 Å². The molecule has 1 saturated heterocycles. The average molecular weight is 264 g/mol.